The molecule has 0 unspecified atom stereocenters. The van der Waals surface area contributed by atoms with Crippen molar-refractivity contribution in [3.63, 3.8) is 0 Å². The number of aliphatic hydroxyl groups is 1. The SMILES string of the molecule is OCc1cc2ncccc2s1. The van der Waals surface area contributed by atoms with Gasteiger partial charge in [0.25, 0.3) is 0 Å². The highest BCUT2D eigenvalue weighted by Crippen LogP contribution is 2.22. The topological polar surface area (TPSA) is 33.1 Å². The van der Waals surface area contributed by atoms with E-state index in [2.05, 4.69) is 4.98 Å². The molecule has 0 saturated carbocycles. The molecule has 2 aromatic rings. The monoisotopic (exact) mass is 165 g/mol. The van der Waals surface area contributed by atoms with Gasteiger partial charge in [0.15, 0.2) is 0 Å². The third-order valence-electron chi connectivity index (χ3n) is 1.49. The zero-order chi connectivity index (χ0) is 7.68. The first-order valence-electron chi connectivity index (χ1n) is 3.34. The first kappa shape index (κ1) is 6.76. The quantitative estimate of drug-likeness (QED) is 0.698. The number of hydrogen-bond donors (Lipinski definition) is 1. The van der Waals surface area contributed by atoms with Crippen LogP contribution in [-0.4, -0.2) is 10.1 Å². The number of pyridine rings is 1. The highest BCUT2D eigenvalue weighted by molar-refractivity contribution is 7.18. The van der Waals surface area contributed by atoms with Gasteiger partial charge >= 0.3 is 0 Å². The van der Waals surface area contributed by atoms with E-state index in [0.29, 0.717) is 0 Å². The van der Waals surface area contributed by atoms with Crippen molar-refractivity contribution in [3.05, 3.63) is 29.3 Å². The third kappa shape index (κ3) is 1.13. The van der Waals surface area contributed by atoms with Crippen molar-refractivity contribution < 1.29 is 5.11 Å². The van der Waals surface area contributed by atoms with Gasteiger partial charge in [-0.05, 0) is 18.2 Å². The number of rotatable bonds is 1. The minimum absolute atomic E-state index is 0.112. The van der Waals surface area contributed by atoms with Crippen molar-refractivity contribution in [1.29, 1.82) is 0 Å². The number of thiophene rings is 1. The summed E-state index contributed by atoms with van der Waals surface area (Å²) in [6.45, 7) is 0.112. The van der Waals surface area contributed by atoms with Crippen LogP contribution < -0.4 is 0 Å². The minimum Gasteiger partial charge on any atom is -0.391 e. The molecule has 1 N–H and O–H groups in total. The Morgan fingerprint density at radius 1 is 1.55 bits per heavy atom. The second-order valence-electron chi connectivity index (χ2n) is 2.26. The van der Waals surface area contributed by atoms with Crippen molar-refractivity contribution in [2.24, 2.45) is 0 Å². The molecule has 0 aliphatic heterocycles. The molecule has 0 aliphatic rings. The number of nitrogens with zero attached hydrogens (tertiary/aromatic N) is 1. The van der Waals surface area contributed by atoms with Crippen molar-refractivity contribution in [2.45, 2.75) is 6.61 Å². The van der Waals surface area contributed by atoms with Crippen LogP contribution in [0.15, 0.2) is 24.4 Å². The van der Waals surface area contributed by atoms with Gasteiger partial charge in [-0.25, -0.2) is 0 Å². The fourth-order valence-corrected chi connectivity index (χ4v) is 1.88. The van der Waals surface area contributed by atoms with Crippen LogP contribution in [0, 0.1) is 0 Å². The molecule has 0 radical (unpaired) electrons. The van der Waals surface area contributed by atoms with Crippen LogP contribution in [0.4, 0.5) is 0 Å². The van der Waals surface area contributed by atoms with Crippen LogP contribution >= 0.6 is 11.3 Å². The molecule has 0 aliphatic carbocycles. The van der Waals surface area contributed by atoms with Crippen LogP contribution in [0.3, 0.4) is 0 Å². The number of aliphatic hydroxyl groups excluding tert-OH is 1. The molecular weight excluding hydrogens is 158 g/mol. The van der Waals surface area contributed by atoms with E-state index in [9.17, 15) is 0 Å². The Morgan fingerprint density at radius 2 is 2.45 bits per heavy atom. The van der Waals surface area contributed by atoms with Gasteiger partial charge in [-0.2, -0.15) is 0 Å². The zero-order valence-corrected chi connectivity index (χ0v) is 6.64. The van der Waals surface area contributed by atoms with Gasteiger partial charge in [-0.15, -0.1) is 11.3 Å². The Bertz CT molecular complexity index is 336. The van der Waals surface area contributed by atoms with Gasteiger partial charge in [0.2, 0.25) is 0 Å². The Morgan fingerprint density at radius 3 is 3.18 bits per heavy atom. The molecule has 0 spiro atoms. The fourth-order valence-electron chi connectivity index (χ4n) is 0.999. The lowest BCUT2D eigenvalue weighted by atomic mass is 10.4. The van der Waals surface area contributed by atoms with Crippen LogP contribution in [0.25, 0.3) is 10.2 Å². The summed E-state index contributed by atoms with van der Waals surface area (Å²) in [7, 11) is 0. The summed E-state index contributed by atoms with van der Waals surface area (Å²) in [6, 6.07) is 5.83. The van der Waals surface area contributed by atoms with Crippen molar-refractivity contribution in [1.82, 2.24) is 4.98 Å². The molecule has 0 saturated heterocycles. The van der Waals surface area contributed by atoms with E-state index in [1.807, 2.05) is 18.2 Å². The van der Waals surface area contributed by atoms with Crippen molar-refractivity contribution in [3.8, 4) is 0 Å². The summed E-state index contributed by atoms with van der Waals surface area (Å²) in [5.74, 6) is 0. The molecule has 11 heavy (non-hydrogen) atoms. The summed E-state index contributed by atoms with van der Waals surface area (Å²) in [4.78, 5) is 5.12. The van der Waals surface area contributed by atoms with E-state index in [1.54, 1.807) is 17.5 Å². The molecule has 2 rings (SSSR count). The second kappa shape index (κ2) is 2.60. The smallest absolute Gasteiger partial charge is 0.0813 e. The first-order chi connectivity index (χ1) is 5.40. The van der Waals surface area contributed by atoms with Gasteiger partial charge in [0, 0.05) is 11.1 Å². The number of aromatic nitrogens is 1. The maximum atomic E-state index is 8.82. The van der Waals surface area contributed by atoms with E-state index in [-0.39, 0.29) is 6.61 Å². The highest BCUT2D eigenvalue weighted by atomic mass is 32.1. The Balaban J connectivity index is 2.69. The Kier molecular flexibility index (Phi) is 1.60. The summed E-state index contributed by atoms with van der Waals surface area (Å²) >= 11 is 1.58. The molecular formula is C8H7NOS. The van der Waals surface area contributed by atoms with E-state index < -0.39 is 0 Å². The summed E-state index contributed by atoms with van der Waals surface area (Å²) in [5, 5.41) is 8.82. The van der Waals surface area contributed by atoms with Crippen LogP contribution in [0.1, 0.15) is 4.88 Å². The summed E-state index contributed by atoms with van der Waals surface area (Å²) in [6.07, 6.45) is 1.76. The second-order valence-corrected chi connectivity index (χ2v) is 3.43. The van der Waals surface area contributed by atoms with Gasteiger partial charge in [-0.1, -0.05) is 0 Å². The average molecular weight is 165 g/mol. The van der Waals surface area contributed by atoms with Crippen LogP contribution in [0.2, 0.25) is 0 Å². The first-order valence-corrected chi connectivity index (χ1v) is 4.16. The standard InChI is InChI=1S/C8H7NOS/c10-5-6-4-7-8(11-6)2-1-3-9-7/h1-4,10H,5H2. The van der Waals surface area contributed by atoms with Gasteiger partial charge in [-0.3, -0.25) is 4.98 Å². The Hall–Kier alpha value is -0.930. The maximum Gasteiger partial charge on any atom is 0.0813 e. The highest BCUT2D eigenvalue weighted by Gasteiger charge is 1.98. The van der Waals surface area contributed by atoms with Gasteiger partial charge in [0.1, 0.15) is 0 Å². The van der Waals surface area contributed by atoms with E-state index in [1.165, 1.54) is 0 Å². The maximum absolute atomic E-state index is 8.82. The molecule has 2 aromatic heterocycles. The molecule has 0 amide bonds. The van der Waals surface area contributed by atoms with E-state index in [0.717, 1.165) is 15.1 Å². The fraction of sp³-hybridized carbons (Fsp3) is 0.125. The summed E-state index contributed by atoms with van der Waals surface area (Å²) < 4.78 is 1.14. The normalized spacial score (nSPS) is 10.6. The molecule has 2 heterocycles. The predicted molar refractivity (Wildman–Crippen MR) is 45.5 cm³/mol. The lowest BCUT2D eigenvalue weighted by Gasteiger charge is -1.81. The van der Waals surface area contributed by atoms with E-state index >= 15 is 0 Å². The van der Waals surface area contributed by atoms with Crippen LogP contribution in [-0.2, 0) is 6.61 Å². The van der Waals surface area contributed by atoms with Gasteiger partial charge in [0.05, 0.1) is 16.8 Å². The van der Waals surface area contributed by atoms with Crippen LogP contribution in [0.5, 0.6) is 0 Å². The molecule has 2 nitrogen and oxygen atoms in total. The molecule has 0 aromatic carbocycles. The largest absolute Gasteiger partial charge is 0.391 e. The lowest BCUT2D eigenvalue weighted by Crippen LogP contribution is -1.71. The number of fused-ring (bicyclic) bond motifs is 1. The van der Waals surface area contributed by atoms with Gasteiger partial charge < -0.3 is 5.11 Å². The molecule has 56 valence electrons. The van der Waals surface area contributed by atoms with E-state index in [4.69, 9.17) is 5.11 Å². The molecule has 0 fully saturated rings. The summed E-state index contributed by atoms with van der Waals surface area (Å²) in [5.41, 5.74) is 0.974. The molecule has 3 heteroatoms. The predicted octanol–water partition coefficient (Wildman–Crippen LogP) is 1.79. The minimum atomic E-state index is 0.112. The van der Waals surface area contributed by atoms with Crippen molar-refractivity contribution >= 4 is 21.6 Å². The number of hydrogen-bond acceptors (Lipinski definition) is 3. The van der Waals surface area contributed by atoms with Crippen molar-refractivity contribution in [2.75, 3.05) is 0 Å². The lowest BCUT2D eigenvalue weighted by molar-refractivity contribution is 0.285. The third-order valence-corrected chi connectivity index (χ3v) is 2.57. The average Bonchev–Trinajstić information content (AvgIpc) is 2.46. The molecule has 0 atom stereocenters. The Labute approximate surface area is 68.1 Å². The molecule has 0 bridgehead atoms. The zero-order valence-electron chi connectivity index (χ0n) is 5.82.